The second-order valence-electron chi connectivity index (χ2n) is 5.07. The van der Waals surface area contributed by atoms with Gasteiger partial charge in [0.2, 0.25) is 0 Å². The van der Waals surface area contributed by atoms with E-state index in [0.717, 1.165) is 25.9 Å². The van der Waals surface area contributed by atoms with Gasteiger partial charge < -0.3 is 15.3 Å². The number of hydrogen-bond donors (Lipinski definition) is 2. The van der Waals surface area contributed by atoms with Crippen LogP contribution in [0, 0.1) is 16.0 Å². The van der Waals surface area contributed by atoms with Gasteiger partial charge in [-0.25, -0.2) is 0 Å². The summed E-state index contributed by atoms with van der Waals surface area (Å²) in [6.45, 7) is 4.27. The van der Waals surface area contributed by atoms with Crippen molar-refractivity contribution in [2.45, 2.75) is 19.8 Å². The van der Waals surface area contributed by atoms with E-state index in [4.69, 9.17) is 5.11 Å². The Morgan fingerprint density at radius 1 is 1.45 bits per heavy atom. The Morgan fingerprint density at radius 3 is 2.70 bits per heavy atom. The first kappa shape index (κ1) is 14.6. The predicted octanol–water partition coefficient (Wildman–Crippen LogP) is 2.24. The number of hydrogen-bond acceptors (Lipinski definition) is 5. The molecule has 1 saturated heterocycles. The third-order valence-electron chi connectivity index (χ3n) is 3.78. The average molecular weight is 279 g/mol. The molecule has 1 heterocycles. The molecule has 0 unspecified atom stereocenters. The van der Waals surface area contributed by atoms with Crippen molar-refractivity contribution < 1.29 is 10.0 Å². The van der Waals surface area contributed by atoms with Gasteiger partial charge >= 0.3 is 5.69 Å². The molecule has 6 nitrogen and oxygen atoms in total. The highest BCUT2D eigenvalue weighted by atomic mass is 16.6. The van der Waals surface area contributed by atoms with E-state index in [1.165, 1.54) is 0 Å². The van der Waals surface area contributed by atoms with Crippen LogP contribution in [0.5, 0.6) is 0 Å². The summed E-state index contributed by atoms with van der Waals surface area (Å²) < 4.78 is 0. The molecule has 2 N–H and O–H groups in total. The van der Waals surface area contributed by atoms with Crippen LogP contribution in [0.3, 0.4) is 0 Å². The van der Waals surface area contributed by atoms with Crippen LogP contribution in [0.1, 0.15) is 19.8 Å². The number of aliphatic hydroxyl groups excluding tert-OH is 1. The number of nitro groups is 1. The van der Waals surface area contributed by atoms with Crippen LogP contribution < -0.4 is 10.2 Å². The molecule has 0 aromatic heterocycles. The molecule has 0 radical (unpaired) electrons. The lowest BCUT2D eigenvalue weighted by atomic mass is 9.97. The maximum Gasteiger partial charge on any atom is 0.315 e. The van der Waals surface area contributed by atoms with Gasteiger partial charge in [0.15, 0.2) is 0 Å². The highest BCUT2D eigenvalue weighted by Gasteiger charge is 2.26. The van der Waals surface area contributed by atoms with Crippen molar-refractivity contribution >= 4 is 17.1 Å². The molecule has 6 heteroatoms. The SMILES string of the molecule is CCNc1cccc(N2CCC(CO)CC2)c1[N+](=O)[O-]. The Kier molecular flexibility index (Phi) is 4.79. The van der Waals surface area contributed by atoms with Gasteiger partial charge in [-0.05, 0) is 37.8 Å². The predicted molar refractivity (Wildman–Crippen MR) is 79.3 cm³/mol. The van der Waals surface area contributed by atoms with Crippen LogP contribution in [0.4, 0.5) is 17.1 Å². The Bertz CT molecular complexity index is 471. The normalized spacial score (nSPS) is 16.2. The molecule has 0 amide bonds. The summed E-state index contributed by atoms with van der Waals surface area (Å²) in [6, 6.07) is 5.39. The molecule has 0 atom stereocenters. The topological polar surface area (TPSA) is 78.6 Å². The molecule has 1 aliphatic rings. The van der Waals surface area contributed by atoms with Gasteiger partial charge in [-0.2, -0.15) is 0 Å². The second kappa shape index (κ2) is 6.56. The van der Waals surface area contributed by atoms with Gasteiger partial charge in [-0.15, -0.1) is 0 Å². The summed E-state index contributed by atoms with van der Waals surface area (Å²) in [6.07, 6.45) is 1.75. The van der Waals surface area contributed by atoms with E-state index >= 15 is 0 Å². The minimum Gasteiger partial charge on any atom is -0.396 e. The number of nitrogens with zero attached hydrogens (tertiary/aromatic N) is 2. The summed E-state index contributed by atoms with van der Waals surface area (Å²) in [5.41, 5.74) is 1.39. The number of benzene rings is 1. The third-order valence-corrected chi connectivity index (χ3v) is 3.78. The molecule has 1 aliphatic heterocycles. The van der Waals surface area contributed by atoms with Crippen molar-refractivity contribution in [3.63, 3.8) is 0 Å². The van der Waals surface area contributed by atoms with Gasteiger partial charge in [0.1, 0.15) is 11.4 Å². The van der Waals surface area contributed by atoms with Crippen LogP contribution in [0.2, 0.25) is 0 Å². The quantitative estimate of drug-likeness (QED) is 0.638. The van der Waals surface area contributed by atoms with Gasteiger partial charge in [0.05, 0.1) is 4.92 Å². The third kappa shape index (κ3) is 3.01. The fourth-order valence-electron chi connectivity index (χ4n) is 2.67. The number of para-hydroxylation sites is 1. The molecule has 0 saturated carbocycles. The Balaban J connectivity index is 2.27. The summed E-state index contributed by atoms with van der Waals surface area (Å²) in [5.74, 6) is 0.322. The summed E-state index contributed by atoms with van der Waals surface area (Å²) in [5, 5.41) is 23.6. The molecule has 1 fully saturated rings. The molecule has 110 valence electrons. The zero-order chi connectivity index (χ0) is 14.5. The van der Waals surface area contributed by atoms with Crippen LogP contribution in [-0.4, -0.2) is 36.3 Å². The van der Waals surface area contributed by atoms with Crippen molar-refractivity contribution in [2.75, 3.05) is 36.5 Å². The first-order valence-corrected chi connectivity index (χ1v) is 7.04. The molecule has 0 bridgehead atoms. The molecule has 1 aromatic rings. The van der Waals surface area contributed by atoms with E-state index in [0.29, 0.717) is 23.8 Å². The van der Waals surface area contributed by atoms with E-state index in [1.54, 1.807) is 12.1 Å². The number of rotatable bonds is 5. The van der Waals surface area contributed by atoms with Crippen LogP contribution in [0.15, 0.2) is 18.2 Å². The monoisotopic (exact) mass is 279 g/mol. The van der Waals surface area contributed by atoms with Crippen LogP contribution in [0.25, 0.3) is 0 Å². The average Bonchev–Trinajstić information content (AvgIpc) is 2.47. The second-order valence-corrected chi connectivity index (χ2v) is 5.07. The highest BCUT2D eigenvalue weighted by molar-refractivity contribution is 5.77. The number of nitro benzene ring substituents is 1. The Hall–Kier alpha value is -1.82. The maximum absolute atomic E-state index is 11.4. The minimum atomic E-state index is -0.314. The largest absolute Gasteiger partial charge is 0.396 e. The first-order valence-electron chi connectivity index (χ1n) is 7.04. The lowest BCUT2D eigenvalue weighted by molar-refractivity contribution is -0.383. The maximum atomic E-state index is 11.4. The van der Waals surface area contributed by atoms with E-state index in [2.05, 4.69) is 5.32 Å². The highest BCUT2D eigenvalue weighted by Crippen LogP contribution is 2.37. The number of piperidine rings is 1. The van der Waals surface area contributed by atoms with Gasteiger partial charge in [0.25, 0.3) is 0 Å². The molecule has 0 aliphatic carbocycles. The van der Waals surface area contributed by atoms with E-state index in [-0.39, 0.29) is 17.2 Å². The van der Waals surface area contributed by atoms with Crippen molar-refractivity contribution in [3.8, 4) is 0 Å². The Labute approximate surface area is 118 Å². The summed E-state index contributed by atoms with van der Waals surface area (Å²) in [7, 11) is 0. The summed E-state index contributed by atoms with van der Waals surface area (Å²) >= 11 is 0. The molecular weight excluding hydrogens is 258 g/mol. The van der Waals surface area contributed by atoms with E-state index in [1.807, 2.05) is 17.9 Å². The number of aliphatic hydroxyl groups is 1. The fourth-order valence-corrected chi connectivity index (χ4v) is 2.67. The first-order chi connectivity index (χ1) is 9.67. The van der Waals surface area contributed by atoms with Crippen molar-refractivity contribution in [3.05, 3.63) is 28.3 Å². The lowest BCUT2D eigenvalue weighted by Crippen LogP contribution is -2.35. The van der Waals surface area contributed by atoms with Crippen LogP contribution >= 0.6 is 0 Å². The standard InChI is InChI=1S/C14H21N3O3/c1-2-15-12-4-3-5-13(14(12)17(19)20)16-8-6-11(10-18)7-9-16/h3-5,11,15,18H,2,6-10H2,1H3. The molecule has 20 heavy (non-hydrogen) atoms. The number of anilines is 2. The van der Waals surface area contributed by atoms with Gasteiger partial charge in [-0.3, -0.25) is 10.1 Å². The van der Waals surface area contributed by atoms with Crippen molar-refractivity contribution in [2.24, 2.45) is 5.92 Å². The summed E-state index contributed by atoms with van der Waals surface area (Å²) in [4.78, 5) is 13.1. The Morgan fingerprint density at radius 2 is 2.15 bits per heavy atom. The fraction of sp³-hybridized carbons (Fsp3) is 0.571. The van der Waals surface area contributed by atoms with Crippen LogP contribution in [-0.2, 0) is 0 Å². The smallest absolute Gasteiger partial charge is 0.315 e. The van der Waals surface area contributed by atoms with Gasteiger partial charge in [-0.1, -0.05) is 6.07 Å². The minimum absolute atomic E-state index is 0.150. The van der Waals surface area contributed by atoms with Crippen molar-refractivity contribution in [1.29, 1.82) is 0 Å². The van der Waals surface area contributed by atoms with Crippen molar-refractivity contribution in [1.82, 2.24) is 0 Å². The lowest BCUT2D eigenvalue weighted by Gasteiger charge is -2.32. The number of nitrogens with one attached hydrogen (secondary N) is 1. The molecule has 0 spiro atoms. The zero-order valence-corrected chi connectivity index (χ0v) is 11.7. The van der Waals surface area contributed by atoms with E-state index < -0.39 is 0 Å². The molecule has 2 rings (SSSR count). The van der Waals surface area contributed by atoms with E-state index in [9.17, 15) is 10.1 Å². The van der Waals surface area contributed by atoms with Gasteiger partial charge in [0, 0.05) is 26.2 Å². The zero-order valence-electron chi connectivity index (χ0n) is 11.7. The molecule has 1 aromatic carbocycles. The molecular formula is C14H21N3O3.